The van der Waals surface area contributed by atoms with Crippen LogP contribution in [0.25, 0.3) is 0 Å². The summed E-state index contributed by atoms with van der Waals surface area (Å²) in [7, 11) is 1.66. The summed E-state index contributed by atoms with van der Waals surface area (Å²) in [6, 6.07) is 1.89. The number of hydrogen-bond donors (Lipinski definition) is 0. The molecule has 0 atom stereocenters. The molecule has 1 aliphatic heterocycles. The Morgan fingerprint density at radius 1 is 1.35 bits per heavy atom. The SMILES string of the molecule is COCCOCc1cnc(C)nc1C1CCN(C(=O)c2ccsc2)CC1. The number of carbonyl (C=O) groups excluding carboxylic acids is 1. The highest BCUT2D eigenvalue weighted by Gasteiger charge is 2.27. The van der Waals surface area contributed by atoms with Gasteiger partial charge in [-0.1, -0.05) is 0 Å². The number of thiophene rings is 1. The van der Waals surface area contributed by atoms with E-state index in [9.17, 15) is 4.79 Å². The molecule has 2 aromatic heterocycles. The van der Waals surface area contributed by atoms with Gasteiger partial charge in [0.15, 0.2) is 0 Å². The lowest BCUT2D eigenvalue weighted by Gasteiger charge is -2.32. The number of aromatic nitrogens is 2. The predicted molar refractivity (Wildman–Crippen MR) is 100 cm³/mol. The van der Waals surface area contributed by atoms with Crippen molar-refractivity contribution >= 4 is 17.2 Å². The second kappa shape index (κ2) is 9.21. The van der Waals surface area contributed by atoms with E-state index < -0.39 is 0 Å². The van der Waals surface area contributed by atoms with Gasteiger partial charge in [-0.2, -0.15) is 11.3 Å². The molecule has 1 saturated heterocycles. The van der Waals surface area contributed by atoms with Crippen molar-refractivity contribution in [2.75, 3.05) is 33.4 Å². The summed E-state index contributed by atoms with van der Waals surface area (Å²) in [6.45, 7) is 5.04. The van der Waals surface area contributed by atoms with Crippen molar-refractivity contribution in [1.82, 2.24) is 14.9 Å². The average Bonchev–Trinajstić information content (AvgIpc) is 3.20. The van der Waals surface area contributed by atoms with E-state index in [-0.39, 0.29) is 5.91 Å². The number of nitrogens with zero attached hydrogens (tertiary/aromatic N) is 3. The molecule has 0 saturated carbocycles. The number of hydrogen-bond acceptors (Lipinski definition) is 6. The summed E-state index contributed by atoms with van der Waals surface area (Å²) in [5, 5.41) is 3.86. The summed E-state index contributed by atoms with van der Waals surface area (Å²) in [4.78, 5) is 23.5. The number of rotatable bonds is 7. The van der Waals surface area contributed by atoms with Gasteiger partial charge in [-0.25, -0.2) is 9.97 Å². The van der Waals surface area contributed by atoms with Gasteiger partial charge >= 0.3 is 0 Å². The number of amides is 1. The molecule has 1 aliphatic rings. The lowest BCUT2D eigenvalue weighted by molar-refractivity contribution is 0.0604. The smallest absolute Gasteiger partial charge is 0.254 e. The van der Waals surface area contributed by atoms with E-state index in [4.69, 9.17) is 14.5 Å². The first kappa shape index (κ1) is 18.9. The van der Waals surface area contributed by atoms with Gasteiger partial charge in [0.2, 0.25) is 0 Å². The Kier molecular flexibility index (Phi) is 6.71. The Balaban J connectivity index is 1.63. The van der Waals surface area contributed by atoms with Gasteiger partial charge in [0, 0.05) is 43.3 Å². The lowest BCUT2D eigenvalue weighted by atomic mass is 9.90. The minimum absolute atomic E-state index is 0.131. The Bertz CT molecular complexity index is 713. The highest BCUT2D eigenvalue weighted by molar-refractivity contribution is 7.08. The van der Waals surface area contributed by atoms with E-state index in [0.717, 1.165) is 48.6 Å². The van der Waals surface area contributed by atoms with Crippen molar-refractivity contribution in [3.63, 3.8) is 0 Å². The maximum atomic E-state index is 12.5. The molecule has 1 amide bonds. The van der Waals surface area contributed by atoms with Crippen LogP contribution in [0.15, 0.2) is 23.0 Å². The van der Waals surface area contributed by atoms with E-state index >= 15 is 0 Å². The van der Waals surface area contributed by atoms with Gasteiger partial charge in [-0.05, 0) is 31.2 Å². The van der Waals surface area contributed by atoms with Crippen LogP contribution < -0.4 is 0 Å². The van der Waals surface area contributed by atoms with Crippen LogP contribution in [0.1, 0.15) is 46.2 Å². The highest BCUT2D eigenvalue weighted by atomic mass is 32.1. The van der Waals surface area contributed by atoms with Crippen molar-refractivity contribution in [3.05, 3.63) is 45.7 Å². The summed E-state index contributed by atoms with van der Waals surface area (Å²) in [5.41, 5.74) is 2.89. The molecule has 0 aromatic carbocycles. The number of ether oxygens (including phenoxy) is 2. The maximum Gasteiger partial charge on any atom is 0.254 e. The molecule has 0 N–H and O–H groups in total. The van der Waals surface area contributed by atoms with E-state index in [0.29, 0.717) is 25.7 Å². The molecule has 0 bridgehead atoms. The molecule has 3 rings (SSSR count). The van der Waals surface area contributed by atoms with Gasteiger partial charge < -0.3 is 14.4 Å². The summed E-state index contributed by atoms with van der Waals surface area (Å²) < 4.78 is 10.7. The van der Waals surface area contributed by atoms with Crippen molar-refractivity contribution < 1.29 is 14.3 Å². The highest BCUT2D eigenvalue weighted by Crippen LogP contribution is 2.30. The topological polar surface area (TPSA) is 64.6 Å². The molecule has 0 unspecified atom stereocenters. The van der Waals surface area contributed by atoms with Crippen LogP contribution >= 0.6 is 11.3 Å². The van der Waals surface area contributed by atoms with Crippen molar-refractivity contribution in [3.8, 4) is 0 Å². The van der Waals surface area contributed by atoms with Crippen LogP contribution in [0, 0.1) is 6.92 Å². The second-order valence-corrected chi connectivity index (χ2v) is 7.23. The van der Waals surface area contributed by atoms with Crippen LogP contribution in [0.2, 0.25) is 0 Å². The number of likely N-dealkylation sites (tertiary alicyclic amines) is 1. The average molecular weight is 375 g/mol. The van der Waals surface area contributed by atoms with Crippen LogP contribution in [0.4, 0.5) is 0 Å². The Hall–Kier alpha value is -1.83. The molecule has 2 aromatic rings. The fourth-order valence-electron chi connectivity index (χ4n) is 3.23. The summed E-state index contributed by atoms with van der Waals surface area (Å²) >= 11 is 1.56. The molecule has 6 nitrogen and oxygen atoms in total. The van der Waals surface area contributed by atoms with Crippen LogP contribution in [-0.2, 0) is 16.1 Å². The summed E-state index contributed by atoms with van der Waals surface area (Å²) in [6.07, 6.45) is 3.70. The number of aryl methyl sites for hydroxylation is 1. The molecule has 7 heteroatoms. The fraction of sp³-hybridized carbons (Fsp3) is 0.526. The summed E-state index contributed by atoms with van der Waals surface area (Å²) in [5.74, 6) is 1.24. The first-order valence-electron chi connectivity index (χ1n) is 8.89. The third-order valence-corrected chi connectivity index (χ3v) is 5.33. The van der Waals surface area contributed by atoms with Crippen LogP contribution in [0.5, 0.6) is 0 Å². The monoisotopic (exact) mass is 375 g/mol. The number of piperidine rings is 1. The molecule has 1 fully saturated rings. The van der Waals surface area contributed by atoms with Crippen LogP contribution in [0.3, 0.4) is 0 Å². The van der Waals surface area contributed by atoms with Gasteiger partial charge in [0.1, 0.15) is 5.82 Å². The minimum Gasteiger partial charge on any atom is -0.382 e. The maximum absolute atomic E-state index is 12.5. The molecule has 3 heterocycles. The zero-order chi connectivity index (χ0) is 18.4. The van der Waals surface area contributed by atoms with E-state index in [1.54, 1.807) is 18.4 Å². The first-order valence-corrected chi connectivity index (χ1v) is 9.84. The van der Waals surface area contributed by atoms with Crippen LogP contribution in [-0.4, -0.2) is 54.2 Å². The van der Waals surface area contributed by atoms with Gasteiger partial charge in [0.25, 0.3) is 5.91 Å². The van der Waals surface area contributed by atoms with Gasteiger partial charge in [-0.3, -0.25) is 4.79 Å². The number of methoxy groups -OCH3 is 1. The Morgan fingerprint density at radius 2 is 2.15 bits per heavy atom. The zero-order valence-electron chi connectivity index (χ0n) is 15.3. The normalized spacial score (nSPS) is 15.4. The van der Waals surface area contributed by atoms with E-state index in [1.807, 2.05) is 34.8 Å². The van der Waals surface area contributed by atoms with Crippen molar-refractivity contribution in [2.24, 2.45) is 0 Å². The molecular weight excluding hydrogens is 350 g/mol. The van der Waals surface area contributed by atoms with Crippen molar-refractivity contribution in [2.45, 2.75) is 32.3 Å². The van der Waals surface area contributed by atoms with Gasteiger partial charge in [0.05, 0.1) is 31.1 Å². The molecule has 0 aliphatic carbocycles. The fourth-order valence-corrected chi connectivity index (χ4v) is 3.86. The molecular formula is C19H25N3O3S. The zero-order valence-corrected chi connectivity index (χ0v) is 16.1. The Morgan fingerprint density at radius 3 is 2.85 bits per heavy atom. The molecule has 0 spiro atoms. The predicted octanol–water partition coefficient (Wildman–Crippen LogP) is 3.03. The standard InChI is InChI=1S/C19H25N3O3S/c1-14-20-11-17(12-25-9-8-24-2)18(21-14)15-3-6-22(7-4-15)19(23)16-5-10-26-13-16/h5,10-11,13,15H,3-4,6-9,12H2,1-2H3. The largest absolute Gasteiger partial charge is 0.382 e. The third-order valence-electron chi connectivity index (χ3n) is 4.64. The first-order chi connectivity index (χ1) is 12.7. The molecule has 26 heavy (non-hydrogen) atoms. The van der Waals surface area contributed by atoms with Gasteiger partial charge in [-0.15, -0.1) is 0 Å². The lowest BCUT2D eigenvalue weighted by Crippen LogP contribution is -2.38. The van der Waals surface area contributed by atoms with E-state index in [2.05, 4.69) is 4.98 Å². The Labute approximate surface area is 158 Å². The number of carbonyl (C=O) groups is 1. The van der Waals surface area contributed by atoms with E-state index in [1.165, 1.54) is 0 Å². The minimum atomic E-state index is 0.131. The molecule has 0 radical (unpaired) electrons. The third kappa shape index (κ3) is 4.66. The van der Waals surface area contributed by atoms with Crippen molar-refractivity contribution in [1.29, 1.82) is 0 Å². The molecule has 140 valence electrons. The second-order valence-electron chi connectivity index (χ2n) is 6.45. The quantitative estimate of drug-likeness (QED) is 0.696.